The standard InChI is InChI=1S/C42H35N3O2.C39H36N2O2.C37H30N4O2/c1-26(2)29-16-12-17-30(27(3)4)40(29)45-41(46)32-19-13-18-31-34(25-24-33(39(31)32)42(45)47)44-37-22-10-8-20-35(37)43(28-14-6-5-7-15-28)36-21-9-11-23-38(36)44;1-23(2)25-13-11-14-26(24(3)4)36(25)41-37(42)28-16-12-15-27-32(22-21-29(35(27)28)38(41)43)40-33-19-9-7-17-30(33)39(5,6)31-18-8-10-20-34(31)40;1-21(2)23-11-9-12-24(22(3)4)34(23)41-35(42)26-14-10-13-25-29(20-19-27(33(25)26)36(41)43)39-31-17-7-8-18-32(31)40-30-16-6-5-15-28(30)38-37(39)40/h5-27H,1-4H3;7-24H,1-6H3;5-22H,1-4H3. The molecule has 2 aromatic heterocycles. The van der Waals surface area contributed by atoms with Crippen LogP contribution < -0.4 is 29.4 Å². The van der Waals surface area contributed by atoms with Crippen LogP contribution in [0.3, 0.4) is 0 Å². The van der Waals surface area contributed by atoms with Gasteiger partial charge in [-0.1, -0.05) is 291 Å². The second kappa shape index (κ2) is 32.5. The van der Waals surface area contributed by atoms with Crippen LogP contribution in [0.5, 0.6) is 0 Å². The molecule has 15 heteroatoms. The summed E-state index contributed by atoms with van der Waals surface area (Å²) in [5.41, 5.74) is 27.8. The van der Waals surface area contributed by atoms with E-state index in [9.17, 15) is 28.8 Å². The fourth-order valence-electron chi connectivity index (χ4n) is 21.3. The van der Waals surface area contributed by atoms with Gasteiger partial charge in [-0.25, -0.2) is 19.7 Å². The number of imidazole rings is 2. The third-order valence-corrected chi connectivity index (χ3v) is 27.6. The monoisotopic (exact) mass is 1740 g/mol. The zero-order valence-corrected chi connectivity index (χ0v) is 77.0. The van der Waals surface area contributed by atoms with Crippen LogP contribution in [0, 0.1) is 0 Å². The molecule has 0 N–H and O–H groups in total. The molecule has 133 heavy (non-hydrogen) atoms. The molecular formula is C118H101N9O6. The predicted octanol–water partition coefficient (Wildman–Crippen LogP) is 29.8. The van der Waals surface area contributed by atoms with Crippen LogP contribution in [-0.4, -0.2) is 49.4 Å². The van der Waals surface area contributed by atoms with Crippen molar-refractivity contribution in [2.24, 2.45) is 0 Å². The van der Waals surface area contributed by atoms with Crippen LogP contribution in [0.2, 0.25) is 0 Å². The summed E-state index contributed by atoms with van der Waals surface area (Å²) in [6.07, 6.45) is 0. The third kappa shape index (κ3) is 13.1. The largest absolute Gasteiger partial charge is 0.309 e. The molecule has 0 radical (unpaired) electrons. The maximum Gasteiger partial charge on any atom is 0.266 e. The van der Waals surface area contributed by atoms with Crippen molar-refractivity contribution in [2.45, 2.75) is 138 Å². The highest BCUT2D eigenvalue weighted by atomic mass is 16.2. The first-order chi connectivity index (χ1) is 64.4. The molecule has 18 aromatic rings. The first kappa shape index (κ1) is 84.2. The summed E-state index contributed by atoms with van der Waals surface area (Å²) >= 11 is 0. The Labute approximate surface area is 774 Å². The van der Waals surface area contributed by atoms with Gasteiger partial charge in [0, 0.05) is 76.8 Å². The number of hydrogen-bond donors (Lipinski definition) is 0. The lowest BCUT2D eigenvalue weighted by molar-refractivity contribution is 0.0877. The maximum atomic E-state index is 14.5. The lowest BCUT2D eigenvalue weighted by Crippen LogP contribution is -2.42. The number of para-hydroxylation sites is 14. The molecule has 0 spiro atoms. The van der Waals surface area contributed by atoms with Gasteiger partial charge >= 0.3 is 0 Å². The van der Waals surface area contributed by atoms with Crippen molar-refractivity contribution in [1.82, 2.24) is 14.0 Å². The van der Waals surface area contributed by atoms with Crippen molar-refractivity contribution in [2.75, 3.05) is 29.4 Å². The summed E-state index contributed by atoms with van der Waals surface area (Å²) in [4.78, 5) is 103. The summed E-state index contributed by atoms with van der Waals surface area (Å²) in [5.74, 6) is -0.0330. The second-order valence-corrected chi connectivity index (χ2v) is 37.7. The Morgan fingerprint density at radius 3 is 0.895 bits per heavy atom. The van der Waals surface area contributed by atoms with Crippen LogP contribution in [0.1, 0.15) is 239 Å². The van der Waals surface area contributed by atoms with Crippen molar-refractivity contribution >= 4 is 164 Å². The highest BCUT2D eigenvalue weighted by molar-refractivity contribution is 6.40. The minimum Gasteiger partial charge on any atom is -0.309 e. The molecule has 6 amide bonds. The van der Waals surface area contributed by atoms with E-state index in [0.29, 0.717) is 44.2 Å². The molecule has 0 fully saturated rings. The van der Waals surface area contributed by atoms with Gasteiger partial charge in [-0.2, -0.15) is 0 Å². The minimum atomic E-state index is -0.288. The van der Waals surface area contributed by atoms with Gasteiger partial charge in [0.15, 0.2) is 0 Å². The summed E-state index contributed by atoms with van der Waals surface area (Å²) in [6.45, 7) is 29.8. The van der Waals surface area contributed by atoms with Crippen LogP contribution in [-0.2, 0) is 5.41 Å². The highest BCUT2D eigenvalue weighted by Crippen LogP contribution is 2.58. The van der Waals surface area contributed by atoms with Crippen molar-refractivity contribution in [3.8, 4) is 5.69 Å². The number of fused-ring (bicyclic) bond motifs is 9. The number of amides is 6. The van der Waals surface area contributed by atoms with E-state index in [0.717, 1.165) is 157 Å². The summed E-state index contributed by atoms with van der Waals surface area (Å²) in [7, 11) is 0. The van der Waals surface area contributed by atoms with Crippen molar-refractivity contribution in [1.29, 1.82) is 0 Å². The van der Waals surface area contributed by atoms with Crippen LogP contribution >= 0.6 is 0 Å². The van der Waals surface area contributed by atoms with E-state index >= 15 is 0 Å². The number of benzene rings is 16. The first-order valence-corrected chi connectivity index (χ1v) is 46.3. The molecule has 16 aromatic carbocycles. The number of aromatic nitrogens is 3. The lowest BCUT2D eigenvalue weighted by atomic mass is 9.73. The van der Waals surface area contributed by atoms with E-state index in [4.69, 9.17) is 4.98 Å². The van der Waals surface area contributed by atoms with Gasteiger partial charge in [-0.3, -0.25) is 37.7 Å². The number of rotatable bonds is 13. The van der Waals surface area contributed by atoms with Gasteiger partial charge < -0.3 is 14.7 Å². The highest BCUT2D eigenvalue weighted by Gasteiger charge is 2.45. The quantitative estimate of drug-likeness (QED) is 0.102. The minimum absolute atomic E-state index is 0.138. The average Bonchev–Trinajstić information content (AvgIpc) is 1.68. The van der Waals surface area contributed by atoms with Crippen LogP contribution in [0.4, 0.5) is 68.2 Å². The van der Waals surface area contributed by atoms with E-state index in [1.165, 1.54) is 25.8 Å². The molecule has 5 aliphatic heterocycles. The SMILES string of the molecule is CC(C)c1cccc(C(C)C)c1N1C(=O)c2cccc3c(-n4c5ccccc5n5c6ccccc6nc45)ccc(c23)C1=O.CC(C)c1cccc(C(C)C)c1N1C(=O)c2cccc3c(N4c5ccccc5C(C)(C)c5ccccc54)ccc(c23)C1=O.CC(C)c1cccc(C(C)C)c1N1C(=O)c2cccc3c(N4c5ccccc5N(c5ccccc5)c5ccccc54)ccc(c23)C1=O. The number of nitrogens with zero attached hydrogens (tertiary/aromatic N) is 9. The Kier molecular flexibility index (Phi) is 20.6. The zero-order chi connectivity index (χ0) is 92.2. The summed E-state index contributed by atoms with van der Waals surface area (Å²) < 4.78 is 4.32. The van der Waals surface area contributed by atoms with Crippen LogP contribution in [0.15, 0.2) is 322 Å². The van der Waals surface area contributed by atoms with Gasteiger partial charge in [-0.15, -0.1) is 0 Å². The molecule has 15 nitrogen and oxygen atoms in total. The van der Waals surface area contributed by atoms with Crippen molar-refractivity contribution in [3.63, 3.8) is 0 Å². The first-order valence-electron chi connectivity index (χ1n) is 46.3. The summed E-state index contributed by atoms with van der Waals surface area (Å²) in [6, 6.07) is 108. The van der Waals surface area contributed by atoms with Gasteiger partial charge in [-0.05, 0) is 207 Å². The molecule has 0 bridgehead atoms. The lowest BCUT2D eigenvalue weighted by Gasteiger charge is -2.42. The topological polar surface area (TPSA) is 144 Å². The normalized spacial score (nSPS) is 14.3. The molecule has 0 aliphatic carbocycles. The Balaban J connectivity index is 0.000000120. The molecule has 654 valence electrons. The predicted molar refractivity (Wildman–Crippen MR) is 542 cm³/mol. The molecule has 23 rings (SSSR count). The maximum absolute atomic E-state index is 14.5. The average molecular weight is 1740 g/mol. The third-order valence-electron chi connectivity index (χ3n) is 27.6. The number of carbonyl (C=O) groups excluding carboxylic acids is 6. The fourth-order valence-corrected chi connectivity index (χ4v) is 21.3. The number of anilines is 12. The fraction of sp³-hybridized carbons (Fsp3) is 0.178. The molecular weight excluding hydrogens is 1640 g/mol. The van der Waals surface area contributed by atoms with Gasteiger partial charge in [0.2, 0.25) is 5.78 Å². The molecule has 0 saturated carbocycles. The van der Waals surface area contributed by atoms with Gasteiger partial charge in [0.25, 0.3) is 35.4 Å². The Hall–Kier alpha value is -15.6. The zero-order valence-electron chi connectivity index (χ0n) is 77.0. The van der Waals surface area contributed by atoms with Crippen molar-refractivity contribution < 1.29 is 28.8 Å². The molecule has 5 aliphatic rings. The van der Waals surface area contributed by atoms with Crippen LogP contribution in [0.25, 0.3) is 65.8 Å². The molecule has 0 unspecified atom stereocenters. The Bertz CT molecular complexity index is 7720. The van der Waals surface area contributed by atoms with Gasteiger partial charge in [0.1, 0.15) is 0 Å². The van der Waals surface area contributed by atoms with Crippen molar-refractivity contribution in [3.05, 3.63) is 399 Å². The Morgan fingerprint density at radius 2 is 0.519 bits per heavy atom. The number of carbonyl (C=O) groups is 6. The molecule has 7 heterocycles. The second-order valence-electron chi connectivity index (χ2n) is 37.7. The molecule has 0 atom stereocenters. The van der Waals surface area contributed by atoms with Gasteiger partial charge in [0.05, 0.1) is 90.3 Å². The van der Waals surface area contributed by atoms with E-state index in [1.54, 1.807) is 0 Å². The Morgan fingerprint density at radius 1 is 0.233 bits per heavy atom. The summed E-state index contributed by atoms with van der Waals surface area (Å²) in [5, 5.41) is 4.70. The van der Waals surface area contributed by atoms with E-state index in [-0.39, 0.29) is 76.4 Å². The van der Waals surface area contributed by atoms with E-state index < -0.39 is 0 Å². The number of imide groups is 3. The number of hydrogen-bond acceptors (Lipinski definition) is 10. The smallest absolute Gasteiger partial charge is 0.266 e. The van der Waals surface area contributed by atoms with E-state index in [1.807, 2.05) is 176 Å². The van der Waals surface area contributed by atoms with E-state index in [2.05, 4.69) is 266 Å². The molecule has 0 saturated heterocycles.